The van der Waals surface area contributed by atoms with Gasteiger partial charge in [-0.1, -0.05) is 12.1 Å². The predicted molar refractivity (Wildman–Crippen MR) is 78.4 cm³/mol. The molecule has 0 amide bonds. The molecule has 0 heterocycles. The summed E-state index contributed by atoms with van der Waals surface area (Å²) in [4.78, 5) is 11.9. The number of anilines is 1. The maximum Gasteiger partial charge on any atom is 0.340 e. The van der Waals surface area contributed by atoms with E-state index in [1.165, 1.54) is 0 Å². The van der Waals surface area contributed by atoms with Crippen molar-refractivity contribution in [2.45, 2.75) is 38.2 Å². The molecule has 0 aliphatic carbocycles. The second-order valence-electron chi connectivity index (χ2n) is 5.20. The first-order valence-electron chi connectivity index (χ1n) is 6.20. The fraction of sp³-hybridized carbons (Fsp3) is 0.500. The highest BCUT2D eigenvalue weighted by atomic mass is 32.2. The van der Waals surface area contributed by atoms with E-state index in [0.29, 0.717) is 22.6 Å². The van der Waals surface area contributed by atoms with Crippen LogP contribution in [0.2, 0.25) is 0 Å². The van der Waals surface area contributed by atoms with Crippen molar-refractivity contribution in [3.05, 3.63) is 29.3 Å². The predicted octanol–water partition coefficient (Wildman–Crippen LogP) is 2.49. The molecule has 0 radical (unpaired) electrons. The number of nitrogens with two attached hydrogens (primary N) is 1. The molecule has 1 aromatic rings. The summed E-state index contributed by atoms with van der Waals surface area (Å²) in [5.74, 6) is -0.163. The van der Waals surface area contributed by atoms with E-state index in [0.717, 1.165) is 0 Å². The van der Waals surface area contributed by atoms with Crippen LogP contribution >= 0.6 is 0 Å². The minimum absolute atomic E-state index is 0.287. The largest absolute Gasteiger partial charge is 0.462 e. The quantitative estimate of drug-likeness (QED) is 0.681. The van der Waals surface area contributed by atoms with Crippen molar-refractivity contribution >= 4 is 22.5 Å². The third-order valence-electron chi connectivity index (χ3n) is 2.63. The number of carbonyl (C=O) groups is 1. The Bertz CT molecular complexity index is 492. The molecule has 106 valence electrons. The van der Waals surface area contributed by atoms with Crippen LogP contribution in [0.4, 0.5) is 5.69 Å². The van der Waals surface area contributed by atoms with Crippen molar-refractivity contribution in [1.82, 2.24) is 0 Å². The Balaban J connectivity index is 3.11. The smallest absolute Gasteiger partial charge is 0.340 e. The lowest BCUT2D eigenvalue weighted by molar-refractivity contribution is 0.0526. The standard InChI is InChI=1S/C14H21NO3S/c1-5-18-13(16)12-10(7-6-8-11(12)15)9-19(17)14(2,3)4/h6-8H,5,9,15H2,1-4H3. The maximum atomic E-state index is 12.2. The Morgan fingerprint density at radius 2 is 2.00 bits per heavy atom. The molecule has 2 N–H and O–H groups in total. The highest BCUT2D eigenvalue weighted by Crippen LogP contribution is 2.23. The molecule has 5 heteroatoms. The van der Waals surface area contributed by atoms with Gasteiger partial charge in [0.2, 0.25) is 0 Å². The maximum absolute atomic E-state index is 12.2. The van der Waals surface area contributed by atoms with Gasteiger partial charge in [-0.3, -0.25) is 4.21 Å². The third-order valence-corrected chi connectivity index (χ3v) is 4.57. The Kier molecular flexibility index (Phi) is 5.11. The van der Waals surface area contributed by atoms with E-state index in [1.807, 2.05) is 20.8 Å². The highest BCUT2D eigenvalue weighted by molar-refractivity contribution is 7.85. The summed E-state index contributed by atoms with van der Waals surface area (Å²) in [5, 5.41) is 0. The molecule has 0 saturated carbocycles. The molecule has 0 fully saturated rings. The van der Waals surface area contributed by atoms with Crippen LogP contribution in [0, 0.1) is 0 Å². The van der Waals surface area contributed by atoms with Crippen molar-refractivity contribution in [2.75, 3.05) is 12.3 Å². The highest BCUT2D eigenvalue weighted by Gasteiger charge is 2.23. The number of hydrogen-bond donors (Lipinski definition) is 1. The molecule has 1 unspecified atom stereocenters. The Morgan fingerprint density at radius 1 is 1.37 bits per heavy atom. The molecule has 0 aromatic heterocycles. The van der Waals surface area contributed by atoms with E-state index < -0.39 is 16.8 Å². The van der Waals surface area contributed by atoms with E-state index in [1.54, 1.807) is 25.1 Å². The molecule has 0 bridgehead atoms. The zero-order valence-electron chi connectivity index (χ0n) is 11.9. The van der Waals surface area contributed by atoms with E-state index in [4.69, 9.17) is 10.5 Å². The van der Waals surface area contributed by atoms with Gasteiger partial charge in [0.05, 0.1) is 12.2 Å². The number of esters is 1. The normalized spacial score (nSPS) is 13.1. The topological polar surface area (TPSA) is 69.4 Å². The monoisotopic (exact) mass is 283 g/mol. The first kappa shape index (κ1) is 15.7. The van der Waals surface area contributed by atoms with Crippen LogP contribution in [-0.4, -0.2) is 21.5 Å². The molecule has 19 heavy (non-hydrogen) atoms. The summed E-state index contributed by atoms with van der Waals surface area (Å²) in [5.41, 5.74) is 7.21. The van der Waals surface area contributed by atoms with Crippen molar-refractivity contribution < 1.29 is 13.7 Å². The minimum atomic E-state index is -1.09. The molecule has 1 aromatic carbocycles. The first-order valence-corrected chi connectivity index (χ1v) is 7.52. The Labute approximate surface area is 116 Å². The van der Waals surface area contributed by atoms with Gasteiger partial charge < -0.3 is 10.5 Å². The molecule has 0 aliphatic heterocycles. The van der Waals surface area contributed by atoms with E-state index in [2.05, 4.69) is 0 Å². The second-order valence-corrected chi connectivity index (χ2v) is 7.41. The Hall–Kier alpha value is -1.36. The van der Waals surface area contributed by atoms with Crippen LogP contribution in [0.1, 0.15) is 43.6 Å². The van der Waals surface area contributed by atoms with Gasteiger partial charge in [0.25, 0.3) is 0 Å². The molecular formula is C14H21NO3S. The van der Waals surface area contributed by atoms with E-state index >= 15 is 0 Å². The minimum Gasteiger partial charge on any atom is -0.462 e. The van der Waals surface area contributed by atoms with E-state index in [9.17, 15) is 9.00 Å². The summed E-state index contributed by atoms with van der Waals surface area (Å²) < 4.78 is 16.9. The third kappa shape index (κ3) is 4.06. The molecule has 1 rings (SSSR count). The number of carbonyl (C=O) groups excluding carboxylic acids is 1. The lowest BCUT2D eigenvalue weighted by atomic mass is 10.1. The van der Waals surface area contributed by atoms with Gasteiger partial charge in [0, 0.05) is 27.0 Å². The number of hydrogen-bond acceptors (Lipinski definition) is 4. The van der Waals surface area contributed by atoms with Crippen molar-refractivity contribution in [2.24, 2.45) is 0 Å². The lowest BCUT2D eigenvalue weighted by Crippen LogP contribution is -2.24. The number of benzene rings is 1. The lowest BCUT2D eigenvalue weighted by Gasteiger charge is -2.19. The molecule has 4 nitrogen and oxygen atoms in total. The van der Waals surface area contributed by atoms with Gasteiger partial charge in [-0.25, -0.2) is 4.79 Å². The molecule has 0 aliphatic rings. The van der Waals surface area contributed by atoms with Gasteiger partial charge in [0.1, 0.15) is 0 Å². The number of ether oxygens (including phenoxy) is 1. The van der Waals surface area contributed by atoms with Crippen LogP contribution in [0.3, 0.4) is 0 Å². The van der Waals surface area contributed by atoms with Gasteiger partial charge in [-0.05, 0) is 39.3 Å². The second kappa shape index (κ2) is 6.19. The average Bonchev–Trinajstić information content (AvgIpc) is 2.27. The average molecular weight is 283 g/mol. The van der Waals surface area contributed by atoms with Crippen molar-refractivity contribution in [3.63, 3.8) is 0 Å². The fourth-order valence-corrected chi connectivity index (χ4v) is 2.51. The summed E-state index contributed by atoms with van der Waals surface area (Å²) in [6.45, 7) is 7.73. The first-order chi connectivity index (χ1) is 8.77. The summed E-state index contributed by atoms with van der Waals surface area (Å²) in [6, 6.07) is 5.18. The SMILES string of the molecule is CCOC(=O)c1c(N)cccc1CS(=O)C(C)(C)C. The van der Waals surface area contributed by atoms with Crippen LogP contribution in [0.15, 0.2) is 18.2 Å². The summed E-state index contributed by atoms with van der Waals surface area (Å²) in [6.07, 6.45) is 0. The van der Waals surface area contributed by atoms with Crippen LogP contribution in [0.25, 0.3) is 0 Å². The van der Waals surface area contributed by atoms with E-state index in [-0.39, 0.29) is 11.4 Å². The Morgan fingerprint density at radius 3 is 2.53 bits per heavy atom. The van der Waals surface area contributed by atoms with Gasteiger partial charge in [0.15, 0.2) is 0 Å². The van der Waals surface area contributed by atoms with Gasteiger partial charge in [-0.15, -0.1) is 0 Å². The molecular weight excluding hydrogens is 262 g/mol. The van der Waals surface area contributed by atoms with Crippen LogP contribution in [-0.2, 0) is 21.3 Å². The van der Waals surface area contributed by atoms with Crippen LogP contribution in [0.5, 0.6) is 0 Å². The number of nitrogen functional groups attached to an aromatic ring is 1. The molecule has 1 atom stereocenters. The molecule has 0 saturated heterocycles. The fourth-order valence-electron chi connectivity index (χ4n) is 1.55. The zero-order chi connectivity index (χ0) is 14.6. The van der Waals surface area contributed by atoms with Gasteiger partial charge in [-0.2, -0.15) is 0 Å². The zero-order valence-corrected chi connectivity index (χ0v) is 12.7. The van der Waals surface area contributed by atoms with Crippen LogP contribution < -0.4 is 5.73 Å². The van der Waals surface area contributed by atoms with Crippen molar-refractivity contribution in [1.29, 1.82) is 0 Å². The summed E-state index contributed by atoms with van der Waals surface area (Å²) in [7, 11) is -1.09. The van der Waals surface area contributed by atoms with Gasteiger partial charge >= 0.3 is 5.97 Å². The number of rotatable bonds is 4. The summed E-state index contributed by atoms with van der Waals surface area (Å²) >= 11 is 0. The van der Waals surface area contributed by atoms with Crippen molar-refractivity contribution in [3.8, 4) is 0 Å². The molecule has 0 spiro atoms.